The molecular weight excluding hydrogens is 472 g/mol. The lowest BCUT2D eigenvalue weighted by atomic mass is 10.1. The van der Waals surface area contributed by atoms with Crippen LogP contribution in [0.15, 0.2) is 67.0 Å². The number of halogens is 2. The quantitative estimate of drug-likeness (QED) is 0.369. The average Bonchev–Trinajstić information content (AvgIpc) is 2.79. The van der Waals surface area contributed by atoms with Crippen LogP contribution < -0.4 is 15.2 Å². The summed E-state index contributed by atoms with van der Waals surface area (Å²) in [5, 5.41) is 10.2. The molecule has 4 rings (SSSR count). The number of hydrogen-bond acceptors (Lipinski definition) is 6. The molecule has 1 atom stereocenters. The van der Waals surface area contributed by atoms with E-state index in [0.29, 0.717) is 22.4 Å². The first-order chi connectivity index (χ1) is 16.7. The molecule has 4 aromatic rings. The molecule has 0 spiro atoms. The zero-order chi connectivity index (χ0) is 25.0. The standard InChI is InChI=1S/C25H23F2N5O2S/c1-16-10-17(6-9-22(16)27)13-34-23-12-19(26)7-8-21(23)24-29-15-30-25(32-24)31-20-5-3-4-18(11-20)14-35(2,28)33/h3-12,14-15H,13H2,1-2H3,(H2,28,33)(H,29,30,31,32). The lowest BCUT2D eigenvalue weighted by Gasteiger charge is -2.12. The van der Waals surface area contributed by atoms with E-state index >= 15 is 0 Å². The molecule has 10 heteroatoms. The van der Waals surface area contributed by atoms with Gasteiger partial charge in [-0.25, -0.2) is 18.7 Å². The molecular formula is C25H23F2N5O2S. The molecule has 35 heavy (non-hydrogen) atoms. The molecule has 1 aromatic heterocycles. The molecule has 0 fully saturated rings. The first-order valence-corrected chi connectivity index (χ1v) is 12.6. The number of nitrogens with one attached hydrogen (secondary N) is 1. The van der Waals surface area contributed by atoms with Crippen molar-refractivity contribution in [3.05, 3.63) is 95.3 Å². The molecule has 0 amide bonds. The Morgan fingerprint density at radius 2 is 1.91 bits per heavy atom. The van der Waals surface area contributed by atoms with Gasteiger partial charge in [0.1, 0.15) is 30.3 Å². The molecule has 0 saturated carbocycles. The number of rotatable bonds is 7. The van der Waals surface area contributed by atoms with Crippen molar-refractivity contribution in [2.24, 2.45) is 5.14 Å². The Morgan fingerprint density at radius 3 is 2.69 bits per heavy atom. The van der Waals surface area contributed by atoms with Crippen LogP contribution in [0.4, 0.5) is 20.4 Å². The van der Waals surface area contributed by atoms with Crippen LogP contribution in [0.3, 0.4) is 0 Å². The highest BCUT2D eigenvalue weighted by Crippen LogP contribution is 2.30. The second-order valence-corrected chi connectivity index (χ2v) is 10.1. The van der Waals surface area contributed by atoms with E-state index in [2.05, 4.69) is 20.3 Å². The highest BCUT2D eigenvalue weighted by Gasteiger charge is 2.13. The van der Waals surface area contributed by atoms with Crippen LogP contribution in [0.5, 0.6) is 5.75 Å². The molecule has 180 valence electrons. The van der Waals surface area contributed by atoms with Gasteiger partial charge in [-0.15, -0.1) is 0 Å². The molecule has 0 aliphatic carbocycles. The SMILES string of the molecule is Cc1cc(COc2cc(F)ccc2-c2ncnc(Nc3cccc(C=S(C)(N)=O)c3)n2)ccc1F. The fourth-order valence-electron chi connectivity index (χ4n) is 3.33. The Labute approximate surface area is 202 Å². The minimum Gasteiger partial charge on any atom is -0.488 e. The van der Waals surface area contributed by atoms with Crippen molar-refractivity contribution in [1.82, 2.24) is 15.0 Å². The third-order valence-electron chi connectivity index (χ3n) is 4.89. The number of nitrogens with zero attached hydrogens (tertiary/aromatic N) is 3. The van der Waals surface area contributed by atoms with Gasteiger partial charge < -0.3 is 10.1 Å². The summed E-state index contributed by atoms with van der Waals surface area (Å²) in [5.74, 6) is -0.0240. The summed E-state index contributed by atoms with van der Waals surface area (Å²) in [6.07, 6.45) is 2.78. The summed E-state index contributed by atoms with van der Waals surface area (Å²) >= 11 is 0. The molecule has 0 aliphatic rings. The monoisotopic (exact) mass is 495 g/mol. The molecule has 0 aliphatic heterocycles. The van der Waals surface area contributed by atoms with E-state index < -0.39 is 15.5 Å². The number of benzene rings is 3. The Hall–Kier alpha value is -3.89. The van der Waals surface area contributed by atoms with Crippen molar-refractivity contribution in [2.45, 2.75) is 13.5 Å². The van der Waals surface area contributed by atoms with Crippen molar-refractivity contribution < 1.29 is 17.7 Å². The number of hydrogen-bond donors (Lipinski definition) is 2. The molecule has 3 N–H and O–H groups in total. The summed E-state index contributed by atoms with van der Waals surface area (Å²) < 4.78 is 45.3. The highest BCUT2D eigenvalue weighted by molar-refractivity contribution is 7.98. The first-order valence-electron chi connectivity index (χ1n) is 10.5. The van der Waals surface area contributed by atoms with Crippen molar-refractivity contribution in [3.63, 3.8) is 0 Å². The number of aryl methyl sites for hydroxylation is 1. The molecule has 1 unspecified atom stereocenters. The second-order valence-electron chi connectivity index (χ2n) is 7.98. The second kappa shape index (κ2) is 10.2. The third kappa shape index (κ3) is 6.58. The fourth-order valence-corrected chi connectivity index (χ4v) is 4.02. The van der Waals surface area contributed by atoms with E-state index in [4.69, 9.17) is 9.88 Å². The van der Waals surface area contributed by atoms with Crippen LogP contribution in [-0.2, 0) is 16.3 Å². The van der Waals surface area contributed by atoms with Gasteiger partial charge in [0.25, 0.3) is 0 Å². The van der Waals surface area contributed by atoms with Crippen LogP contribution >= 0.6 is 0 Å². The smallest absolute Gasteiger partial charge is 0.230 e. The number of ether oxygens (including phenoxy) is 1. The predicted molar refractivity (Wildman–Crippen MR) is 134 cm³/mol. The van der Waals surface area contributed by atoms with Crippen LogP contribution in [0.25, 0.3) is 11.4 Å². The van der Waals surface area contributed by atoms with Crippen molar-refractivity contribution in [2.75, 3.05) is 11.6 Å². The molecule has 1 heterocycles. The zero-order valence-corrected chi connectivity index (χ0v) is 19.9. The van der Waals surface area contributed by atoms with Gasteiger partial charge in [-0.3, -0.25) is 9.35 Å². The maximum absolute atomic E-state index is 14.0. The Bertz CT molecular complexity index is 1500. The fraction of sp³-hybridized carbons (Fsp3) is 0.120. The predicted octanol–water partition coefficient (Wildman–Crippen LogP) is 4.39. The summed E-state index contributed by atoms with van der Waals surface area (Å²) in [4.78, 5) is 12.8. The minimum absolute atomic E-state index is 0.110. The van der Waals surface area contributed by atoms with Gasteiger partial charge >= 0.3 is 0 Å². The van der Waals surface area contributed by atoms with E-state index in [-0.39, 0.29) is 29.9 Å². The molecule has 0 radical (unpaired) electrons. The number of nitrogens with two attached hydrogens (primary N) is 1. The molecule has 0 saturated heterocycles. The van der Waals surface area contributed by atoms with Gasteiger partial charge in [-0.05, 0) is 60.0 Å². The van der Waals surface area contributed by atoms with Crippen LogP contribution in [-0.4, -0.2) is 30.8 Å². The largest absolute Gasteiger partial charge is 0.488 e. The molecule has 7 nitrogen and oxygen atoms in total. The van der Waals surface area contributed by atoms with Gasteiger partial charge in [0, 0.05) is 33.1 Å². The van der Waals surface area contributed by atoms with Crippen LogP contribution in [0.2, 0.25) is 0 Å². The Balaban J connectivity index is 1.59. The molecule has 3 aromatic carbocycles. The average molecular weight is 496 g/mol. The van der Waals surface area contributed by atoms with Gasteiger partial charge in [0.05, 0.1) is 5.56 Å². The van der Waals surface area contributed by atoms with E-state index in [0.717, 1.165) is 5.56 Å². The highest BCUT2D eigenvalue weighted by atomic mass is 32.2. The van der Waals surface area contributed by atoms with Gasteiger partial charge in [0.15, 0.2) is 5.82 Å². The van der Waals surface area contributed by atoms with E-state index in [9.17, 15) is 13.0 Å². The lowest BCUT2D eigenvalue weighted by Crippen LogP contribution is -2.13. The van der Waals surface area contributed by atoms with Crippen molar-refractivity contribution in [1.29, 1.82) is 0 Å². The number of aromatic nitrogens is 3. The zero-order valence-electron chi connectivity index (χ0n) is 19.0. The summed E-state index contributed by atoms with van der Waals surface area (Å²) in [7, 11) is -2.56. The van der Waals surface area contributed by atoms with Crippen molar-refractivity contribution >= 4 is 26.7 Å². The van der Waals surface area contributed by atoms with Gasteiger partial charge in [0.2, 0.25) is 5.95 Å². The summed E-state index contributed by atoms with van der Waals surface area (Å²) in [6, 6.07) is 15.8. The maximum atomic E-state index is 14.0. The van der Waals surface area contributed by atoms with Crippen LogP contribution in [0, 0.1) is 18.6 Å². The number of anilines is 2. The van der Waals surface area contributed by atoms with Crippen LogP contribution in [0.1, 0.15) is 16.7 Å². The van der Waals surface area contributed by atoms with Gasteiger partial charge in [-0.2, -0.15) is 4.98 Å². The minimum atomic E-state index is -2.56. The maximum Gasteiger partial charge on any atom is 0.230 e. The third-order valence-corrected chi connectivity index (χ3v) is 5.63. The van der Waals surface area contributed by atoms with Crippen molar-refractivity contribution in [3.8, 4) is 17.1 Å². The normalized spacial score (nSPS) is 12.6. The van der Waals surface area contributed by atoms with E-state index in [1.807, 2.05) is 0 Å². The Kier molecular flexibility index (Phi) is 7.04. The van der Waals surface area contributed by atoms with Gasteiger partial charge in [-0.1, -0.05) is 18.2 Å². The lowest BCUT2D eigenvalue weighted by molar-refractivity contribution is 0.305. The molecule has 0 bridgehead atoms. The van der Waals surface area contributed by atoms with E-state index in [1.165, 1.54) is 42.2 Å². The summed E-state index contributed by atoms with van der Waals surface area (Å²) in [6.45, 7) is 1.77. The van der Waals surface area contributed by atoms with E-state index in [1.54, 1.807) is 43.3 Å². The Morgan fingerprint density at radius 1 is 1.09 bits per heavy atom. The summed E-state index contributed by atoms with van der Waals surface area (Å²) in [5.41, 5.74) is 3.04. The first kappa shape index (κ1) is 24.2. The topological polar surface area (TPSA) is 103 Å².